The fourth-order valence-corrected chi connectivity index (χ4v) is 3.22. The van der Waals surface area contributed by atoms with E-state index in [1.54, 1.807) is 12.0 Å². The van der Waals surface area contributed by atoms with Gasteiger partial charge in [-0.15, -0.1) is 0 Å². The maximum Gasteiger partial charge on any atom is 0.272 e. The van der Waals surface area contributed by atoms with E-state index in [0.29, 0.717) is 19.7 Å². The summed E-state index contributed by atoms with van der Waals surface area (Å²) in [5, 5.41) is 7.18. The molecule has 0 aliphatic carbocycles. The van der Waals surface area contributed by atoms with Crippen LogP contribution in [0.4, 0.5) is 0 Å². The molecule has 3 aromatic rings. The summed E-state index contributed by atoms with van der Waals surface area (Å²) in [4.78, 5) is 25.5. The highest BCUT2D eigenvalue weighted by Crippen LogP contribution is 2.28. The van der Waals surface area contributed by atoms with Crippen molar-refractivity contribution in [2.45, 2.75) is 6.10 Å². The molecular weight excluding hydrogens is 334 g/mol. The van der Waals surface area contributed by atoms with E-state index in [1.165, 1.54) is 6.07 Å². The number of rotatable bonds is 3. The summed E-state index contributed by atoms with van der Waals surface area (Å²) in [6, 6.07) is 13.3. The number of aromatic amines is 2. The molecule has 2 N–H and O–H groups in total. The molecule has 7 heteroatoms. The number of benzene rings is 2. The van der Waals surface area contributed by atoms with E-state index >= 15 is 0 Å². The highest BCUT2D eigenvalue weighted by atomic mass is 16.5. The van der Waals surface area contributed by atoms with Crippen LogP contribution < -0.4 is 10.3 Å². The summed E-state index contributed by atoms with van der Waals surface area (Å²) in [7, 11) is 1.65. The Morgan fingerprint density at radius 2 is 1.96 bits per heavy atom. The third-order valence-corrected chi connectivity index (χ3v) is 4.62. The monoisotopic (exact) mass is 353 g/mol. The van der Waals surface area contributed by atoms with Crippen molar-refractivity contribution in [3.8, 4) is 5.75 Å². The van der Waals surface area contributed by atoms with Crippen LogP contribution in [-0.4, -0.2) is 47.8 Å². The molecule has 1 aromatic heterocycles. The average molecular weight is 353 g/mol. The number of carbonyl (C=O) groups is 1. The summed E-state index contributed by atoms with van der Waals surface area (Å²) < 4.78 is 11.1. The maximum absolute atomic E-state index is 12.5. The van der Waals surface area contributed by atoms with Crippen molar-refractivity contribution in [3.63, 3.8) is 0 Å². The van der Waals surface area contributed by atoms with Crippen LogP contribution in [0.3, 0.4) is 0 Å². The summed E-state index contributed by atoms with van der Waals surface area (Å²) in [5.41, 5.74) is 0.965. The van der Waals surface area contributed by atoms with Crippen molar-refractivity contribution in [2.75, 3.05) is 26.8 Å². The Morgan fingerprint density at radius 1 is 1.15 bits per heavy atom. The van der Waals surface area contributed by atoms with Gasteiger partial charge < -0.3 is 14.4 Å². The van der Waals surface area contributed by atoms with Crippen LogP contribution in [0.1, 0.15) is 22.2 Å². The minimum absolute atomic E-state index is 0.204. The summed E-state index contributed by atoms with van der Waals surface area (Å²) >= 11 is 0. The first-order valence-electron chi connectivity index (χ1n) is 8.40. The summed E-state index contributed by atoms with van der Waals surface area (Å²) in [6.07, 6.45) is -0.204. The van der Waals surface area contributed by atoms with Gasteiger partial charge in [0.15, 0.2) is 0 Å². The van der Waals surface area contributed by atoms with Crippen LogP contribution in [0, 0.1) is 0 Å². The van der Waals surface area contributed by atoms with E-state index < -0.39 is 0 Å². The first-order chi connectivity index (χ1) is 12.6. The Balaban J connectivity index is 1.56. The first kappa shape index (κ1) is 16.4. The highest BCUT2D eigenvalue weighted by molar-refractivity contribution is 5.92. The molecule has 0 saturated carbocycles. The Kier molecular flexibility index (Phi) is 4.22. The molecule has 1 saturated heterocycles. The third kappa shape index (κ3) is 3.09. The van der Waals surface area contributed by atoms with Gasteiger partial charge in [-0.2, -0.15) is 0 Å². The van der Waals surface area contributed by atoms with Crippen LogP contribution in [0.25, 0.3) is 10.8 Å². The van der Waals surface area contributed by atoms with Gasteiger partial charge in [-0.05, 0) is 34.5 Å². The molecule has 26 heavy (non-hydrogen) atoms. The van der Waals surface area contributed by atoms with Gasteiger partial charge in [0.2, 0.25) is 0 Å². The Morgan fingerprint density at radius 3 is 2.73 bits per heavy atom. The van der Waals surface area contributed by atoms with Gasteiger partial charge in [0.1, 0.15) is 17.5 Å². The molecule has 1 fully saturated rings. The molecule has 1 aliphatic heterocycles. The van der Waals surface area contributed by atoms with Crippen LogP contribution in [0.15, 0.2) is 47.3 Å². The van der Waals surface area contributed by atoms with Gasteiger partial charge in [0.25, 0.3) is 11.5 Å². The molecule has 0 radical (unpaired) electrons. The maximum atomic E-state index is 12.5. The first-order valence-corrected chi connectivity index (χ1v) is 8.40. The zero-order valence-corrected chi connectivity index (χ0v) is 14.3. The average Bonchev–Trinajstić information content (AvgIpc) is 3.13. The number of H-pyrrole nitrogens is 2. The van der Waals surface area contributed by atoms with E-state index in [4.69, 9.17) is 9.47 Å². The number of amides is 1. The number of carbonyl (C=O) groups excluding carboxylic acids is 1. The molecule has 2 heterocycles. The molecule has 1 atom stereocenters. The lowest BCUT2D eigenvalue weighted by atomic mass is 10.0. The smallest absolute Gasteiger partial charge is 0.272 e. The number of morpholine rings is 1. The standard InChI is InChI=1S/C19H19N3O4/c1-25-15-5-4-12-8-14(3-2-13(12)9-15)17-11-22(6-7-26-17)19(24)16-10-18(23)21-20-16/h2-5,8-10,17H,6-7,11H2,1H3,(H2,20,21,23)/t17-/m0/s1. The predicted octanol–water partition coefficient (Wildman–Crippen LogP) is 2.08. The fraction of sp³-hybridized carbons (Fsp3) is 0.263. The Hall–Kier alpha value is -3.06. The minimum atomic E-state index is -0.317. The van der Waals surface area contributed by atoms with Gasteiger partial charge in [0, 0.05) is 12.6 Å². The molecule has 1 amide bonds. The zero-order chi connectivity index (χ0) is 18.1. The number of methoxy groups -OCH3 is 1. The molecule has 0 bridgehead atoms. The Bertz CT molecular complexity index is 1010. The Labute approximate surface area is 149 Å². The number of ether oxygens (including phenoxy) is 2. The van der Waals surface area contributed by atoms with E-state index in [2.05, 4.69) is 16.3 Å². The summed E-state index contributed by atoms with van der Waals surface area (Å²) in [5.74, 6) is 0.610. The zero-order valence-electron chi connectivity index (χ0n) is 14.3. The number of aromatic nitrogens is 2. The number of nitrogens with one attached hydrogen (secondary N) is 2. The van der Waals surface area contributed by atoms with Crippen molar-refractivity contribution in [3.05, 3.63) is 64.1 Å². The number of hydrogen-bond donors (Lipinski definition) is 2. The lowest BCUT2D eigenvalue weighted by Gasteiger charge is -2.33. The molecule has 1 aliphatic rings. The molecule has 134 valence electrons. The van der Waals surface area contributed by atoms with Gasteiger partial charge in [-0.25, -0.2) is 0 Å². The molecule has 7 nitrogen and oxygen atoms in total. The number of fused-ring (bicyclic) bond motifs is 1. The van der Waals surface area contributed by atoms with Crippen LogP contribution in [-0.2, 0) is 4.74 Å². The predicted molar refractivity (Wildman–Crippen MR) is 96.5 cm³/mol. The van der Waals surface area contributed by atoms with Crippen molar-refractivity contribution in [1.82, 2.24) is 15.1 Å². The summed E-state index contributed by atoms with van der Waals surface area (Å²) in [6.45, 7) is 1.38. The highest BCUT2D eigenvalue weighted by Gasteiger charge is 2.27. The number of hydrogen-bond acceptors (Lipinski definition) is 4. The molecule has 2 aromatic carbocycles. The van der Waals surface area contributed by atoms with E-state index in [1.807, 2.05) is 30.3 Å². The molecular formula is C19H19N3O4. The van der Waals surface area contributed by atoms with Gasteiger partial charge in [-0.1, -0.05) is 18.2 Å². The van der Waals surface area contributed by atoms with Gasteiger partial charge in [-0.3, -0.25) is 19.8 Å². The van der Waals surface area contributed by atoms with Crippen molar-refractivity contribution >= 4 is 16.7 Å². The topological polar surface area (TPSA) is 87.4 Å². The lowest BCUT2D eigenvalue weighted by Crippen LogP contribution is -2.42. The van der Waals surface area contributed by atoms with Crippen LogP contribution >= 0.6 is 0 Å². The van der Waals surface area contributed by atoms with Gasteiger partial charge in [0.05, 0.1) is 20.3 Å². The SMILES string of the molecule is COc1ccc2cc([C@@H]3CN(C(=O)c4cc(=O)[nH][nH]4)CCO3)ccc2c1. The number of nitrogens with zero attached hydrogens (tertiary/aromatic N) is 1. The van der Waals surface area contributed by atoms with E-state index in [-0.39, 0.29) is 23.3 Å². The second-order valence-corrected chi connectivity index (χ2v) is 6.26. The molecule has 4 rings (SSSR count). The van der Waals surface area contributed by atoms with Gasteiger partial charge >= 0.3 is 0 Å². The fourth-order valence-electron chi connectivity index (χ4n) is 3.22. The second-order valence-electron chi connectivity index (χ2n) is 6.26. The van der Waals surface area contributed by atoms with E-state index in [9.17, 15) is 9.59 Å². The largest absolute Gasteiger partial charge is 0.497 e. The molecule has 0 spiro atoms. The van der Waals surface area contributed by atoms with Crippen LogP contribution in [0.2, 0.25) is 0 Å². The lowest BCUT2D eigenvalue weighted by molar-refractivity contribution is -0.0229. The van der Waals surface area contributed by atoms with Crippen molar-refractivity contribution in [1.29, 1.82) is 0 Å². The van der Waals surface area contributed by atoms with Crippen molar-refractivity contribution in [2.24, 2.45) is 0 Å². The molecule has 0 unspecified atom stereocenters. The normalized spacial score (nSPS) is 17.4. The quantitative estimate of drug-likeness (QED) is 0.755. The second kappa shape index (κ2) is 6.68. The van der Waals surface area contributed by atoms with Crippen LogP contribution in [0.5, 0.6) is 5.75 Å². The van der Waals surface area contributed by atoms with Crippen molar-refractivity contribution < 1.29 is 14.3 Å². The minimum Gasteiger partial charge on any atom is -0.497 e. The van der Waals surface area contributed by atoms with E-state index in [0.717, 1.165) is 22.1 Å². The third-order valence-electron chi connectivity index (χ3n) is 4.62.